The Hall–Kier alpha value is -2.54. The number of anilines is 1. The van der Waals surface area contributed by atoms with Crippen LogP contribution in [0.2, 0.25) is 0 Å². The number of ether oxygens (including phenoxy) is 1. The molecule has 0 saturated carbocycles. The van der Waals surface area contributed by atoms with Gasteiger partial charge in [0.2, 0.25) is 0 Å². The summed E-state index contributed by atoms with van der Waals surface area (Å²) in [5.41, 5.74) is 9.06. The highest BCUT2D eigenvalue weighted by Gasteiger charge is 1.98. The van der Waals surface area contributed by atoms with Gasteiger partial charge in [-0.1, -0.05) is 60.7 Å². The number of benzene rings is 3. The van der Waals surface area contributed by atoms with Crippen molar-refractivity contribution in [1.29, 1.82) is 0 Å². The molecule has 0 heterocycles. The SMILES string of the molecule is I.NC(=NCc1ccc(OCc2ccccc2)cc1)Nc1ccccc1. The van der Waals surface area contributed by atoms with Crippen LogP contribution in [-0.2, 0) is 13.2 Å². The zero-order valence-corrected chi connectivity index (χ0v) is 16.7. The molecular weight excluding hydrogens is 437 g/mol. The maximum atomic E-state index is 5.91. The van der Waals surface area contributed by atoms with E-state index < -0.39 is 0 Å². The third kappa shape index (κ3) is 6.40. The van der Waals surface area contributed by atoms with Crippen molar-refractivity contribution in [1.82, 2.24) is 0 Å². The van der Waals surface area contributed by atoms with E-state index in [4.69, 9.17) is 10.5 Å². The van der Waals surface area contributed by atoms with Gasteiger partial charge in [-0.2, -0.15) is 0 Å². The van der Waals surface area contributed by atoms with E-state index in [0.29, 0.717) is 19.1 Å². The fourth-order valence-electron chi connectivity index (χ4n) is 2.32. The number of hydrogen-bond donors (Lipinski definition) is 2. The first-order valence-corrected chi connectivity index (χ1v) is 8.17. The highest BCUT2D eigenvalue weighted by Crippen LogP contribution is 2.15. The Kier molecular flexibility index (Phi) is 7.95. The standard InChI is InChI=1S/C21H21N3O.HI/c22-21(24-19-9-5-2-6-10-19)23-15-17-11-13-20(14-12-17)25-16-18-7-3-1-4-8-18;/h1-14H,15-16H2,(H3,22,23,24);1H. The Bertz CT molecular complexity index is 806. The van der Waals surface area contributed by atoms with E-state index in [1.165, 1.54) is 0 Å². The number of nitrogens with zero attached hydrogens (tertiary/aromatic N) is 1. The predicted octanol–water partition coefficient (Wildman–Crippen LogP) is 4.81. The quantitative estimate of drug-likeness (QED) is 0.316. The first kappa shape index (κ1) is 19.8. The molecule has 3 N–H and O–H groups in total. The van der Waals surface area contributed by atoms with Crippen LogP contribution in [0.1, 0.15) is 11.1 Å². The van der Waals surface area contributed by atoms with Crippen LogP contribution in [-0.4, -0.2) is 5.96 Å². The van der Waals surface area contributed by atoms with Gasteiger partial charge in [-0.15, -0.1) is 24.0 Å². The van der Waals surface area contributed by atoms with Crippen LogP contribution in [0.4, 0.5) is 5.69 Å². The van der Waals surface area contributed by atoms with E-state index in [1.54, 1.807) is 0 Å². The average Bonchev–Trinajstić information content (AvgIpc) is 2.67. The average molecular weight is 459 g/mol. The van der Waals surface area contributed by atoms with E-state index >= 15 is 0 Å². The smallest absolute Gasteiger partial charge is 0.193 e. The molecule has 0 unspecified atom stereocenters. The molecular formula is C21H22IN3O. The van der Waals surface area contributed by atoms with Crippen LogP contribution in [0.25, 0.3) is 0 Å². The van der Waals surface area contributed by atoms with Gasteiger partial charge in [0.25, 0.3) is 0 Å². The largest absolute Gasteiger partial charge is 0.489 e. The van der Waals surface area contributed by atoms with Crippen molar-refractivity contribution in [2.24, 2.45) is 10.7 Å². The lowest BCUT2D eigenvalue weighted by Crippen LogP contribution is -2.22. The predicted molar refractivity (Wildman–Crippen MR) is 118 cm³/mol. The molecule has 0 spiro atoms. The fourth-order valence-corrected chi connectivity index (χ4v) is 2.32. The summed E-state index contributed by atoms with van der Waals surface area (Å²) in [6, 6.07) is 27.8. The number of nitrogens with two attached hydrogens (primary N) is 1. The van der Waals surface area contributed by atoms with Crippen LogP contribution < -0.4 is 15.8 Å². The Morgan fingerprint density at radius 2 is 1.42 bits per heavy atom. The number of para-hydroxylation sites is 1. The Morgan fingerprint density at radius 1 is 0.808 bits per heavy atom. The summed E-state index contributed by atoms with van der Waals surface area (Å²) in [6.45, 7) is 1.08. The van der Waals surface area contributed by atoms with Crippen molar-refractivity contribution in [3.8, 4) is 5.75 Å². The zero-order chi connectivity index (χ0) is 17.3. The van der Waals surface area contributed by atoms with Gasteiger partial charge in [0.15, 0.2) is 5.96 Å². The van der Waals surface area contributed by atoms with Gasteiger partial charge in [0, 0.05) is 5.69 Å². The van der Waals surface area contributed by atoms with Crippen molar-refractivity contribution in [2.75, 3.05) is 5.32 Å². The molecule has 0 bridgehead atoms. The first-order chi connectivity index (χ1) is 12.3. The Labute approximate surface area is 171 Å². The van der Waals surface area contributed by atoms with E-state index in [9.17, 15) is 0 Å². The molecule has 0 fully saturated rings. The molecule has 3 rings (SSSR count). The van der Waals surface area contributed by atoms with Crippen LogP contribution in [0.5, 0.6) is 5.75 Å². The maximum absolute atomic E-state index is 5.91. The monoisotopic (exact) mass is 459 g/mol. The van der Waals surface area contributed by atoms with E-state index in [2.05, 4.69) is 10.3 Å². The second-order valence-corrected chi connectivity index (χ2v) is 5.61. The molecule has 0 radical (unpaired) electrons. The zero-order valence-electron chi connectivity index (χ0n) is 14.3. The van der Waals surface area contributed by atoms with Gasteiger partial charge < -0.3 is 15.8 Å². The first-order valence-electron chi connectivity index (χ1n) is 8.17. The third-order valence-electron chi connectivity index (χ3n) is 3.65. The molecule has 0 aliphatic rings. The van der Waals surface area contributed by atoms with Gasteiger partial charge in [-0.3, -0.25) is 0 Å². The summed E-state index contributed by atoms with van der Waals surface area (Å²) >= 11 is 0. The second-order valence-electron chi connectivity index (χ2n) is 5.61. The van der Waals surface area contributed by atoms with E-state index in [1.807, 2.05) is 84.9 Å². The summed E-state index contributed by atoms with van der Waals surface area (Å²) in [7, 11) is 0. The number of aliphatic imine (C=N–C) groups is 1. The van der Waals surface area contributed by atoms with Gasteiger partial charge in [-0.05, 0) is 35.4 Å². The van der Waals surface area contributed by atoms with Gasteiger partial charge in [-0.25, -0.2) is 4.99 Å². The molecule has 3 aromatic carbocycles. The van der Waals surface area contributed by atoms with Crippen molar-refractivity contribution in [2.45, 2.75) is 13.2 Å². The van der Waals surface area contributed by atoms with E-state index in [-0.39, 0.29) is 24.0 Å². The van der Waals surface area contributed by atoms with Crippen LogP contribution >= 0.6 is 24.0 Å². The number of hydrogen-bond acceptors (Lipinski definition) is 2. The highest BCUT2D eigenvalue weighted by atomic mass is 127. The molecule has 0 atom stereocenters. The Morgan fingerprint density at radius 3 is 2.08 bits per heavy atom. The molecule has 0 amide bonds. The summed E-state index contributed by atoms with van der Waals surface area (Å²) in [5.74, 6) is 1.24. The second kappa shape index (κ2) is 10.5. The lowest BCUT2D eigenvalue weighted by atomic mass is 10.2. The molecule has 0 aliphatic heterocycles. The highest BCUT2D eigenvalue weighted by molar-refractivity contribution is 14.0. The van der Waals surface area contributed by atoms with Crippen LogP contribution in [0.15, 0.2) is 89.9 Å². The van der Waals surface area contributed by atoms with Crippen LogP contribution in [0, 0.1) is 0 Å². The summed E-state index contributed by atoms with van der Waals surface area (Å²) in [5, 5.41) is 3.07. The topological polar surface area (TPSA) is 59.6 Å². The normalized spacial score (nSPS) is 10.7. The summed E-state index contributed by atoms with van der Waals surface area (Å²) in [4.78, 5) is 4.36. The van der Waals surface area contributed by atoms with Gasteiger partial charge in [0.1, 0.15) is 12.4 Å². The van der Waals surface area contributed by atoms with Gasteiger partial charge >= 0.3 is 0 Å². The lowest BCUT2D eigenvalue weighted by Gasteiger charge is -2.07. The van der Waals surface area contributed by atoms with Crippen molar-refractivity contribution >= 4 is 35.6 Å². The summed E-state index contributed by atoms with van der Waals surface area (Å²) in [6.07, 6.45) is 0. The molecule has 5 heteroatoms. The molecule has 134 valence electrons. The molecule has 26 heavy (non-hydrogen) atoms. The van der Waals surface area contributed by atoms with Crippen molar-refractivity contribution in [3.05, 3.63) is 96.1 Å². The van der Waals surface area contributed by atoms with Crippen LogP contribution in [0.3, 0.4) is 0 Å². The van der Waals surface area contributed by atoms with Crippen molar-refractivity contribution in [3.63, 3.8) is 0 Å². The van der Waals surface area contributed by atoms with Gasteiger partial charge in [0.05, 0.1) is 6.54 Å². The minimum Gasteiger partial charge on any atom is -0.489 e. The molecule has 3 aromatic rings. The summed E-state index contributed by atoms with van der Waals surface area (Å²) < 4.78 is 5.78. The Balaban J connectivity index is 0.00000243. The lowest BCUT2D eigenvalue weighted by molar-refractivity contribution is 0.306. The van der Waals surface area contributed by atoms with E-state index in [0.717, 1.165) is 22.6 Å². The molecule has 0 saturated heterocycles. The maximum Gasteiger partial charge on any atom is 0.193 e. The molecule has 4 nitrogen and oxygen atoms in total. The third-order valence-corrected chi connectivity index (χ3v) is 3.65. The molecule has 0 aliphatic carbocycles. The number of halogens is 1. The number of nitrogens with one attached hydrogen (secondary N) is 1. The number of rotatable bonds is 6. The number of guanidine groups is 1. The fraction of sp³-hybridized carbons (Fsp3) is 0.0952. The minimum atomic E-state index is 0. The molecule has 0 aromatic heterocycles. The van der Waals surface area contributed by atoms with Crippen molar-refractivity contribution < 1.29 is 4.74 Å². The minimum absolute atomic E-state index is 0.